The molecule has 0 amide bonds. The number of fused-ring (bicyclic) bond motifs is 1. The van der Waals surface area contributed by atoms with Crippen molar-refractivity contribution in [2.75, 3.05) is 5.32 Å². The smallest absolute Gasteiger partial charge is 0.206 e. The van der Waals surface area contributed by atoms with Crippen LogP contribution in [0.25, 0.3) is 11.0 Å². The zero-order valence-electron chi connectivity index (χ0n) is 14.4. The molecular weight excluding hydrogens is 304 g/mol. The summed E-state index contributed by atoms with van der Waals surface area (Å²) in [5.41, 5.74) is 2.30. The van der Waals surface area contributed by atoms with Gasteiger partial charge in [0.05, 0.1) is 28.3 Å². The number of hydrogen-bond acceptors (Lipinski definition) is 5. The third kappa shape index (κ3) is 3.23. The van der Waals surface area contributed by atoms with E-state index in [1.165, 1.54) is 6.42 Å². The van der Waals surface area contributed by atoms with Gasteiger partial charge in [-0.15, -0.1) is 0 Å². The molecule has 1 aliphatic rings. The van der Waals surface area contributed by atoms with Crippen LogP contribution in [0.5, 0.6) is 0 Å². The van der Waals surface area contributed by atoms with E-state index in [1.54, 1.807) is 13.8 Å². The number of rotatable bonds is 5. The van der Waals surface area contributed by atoms with Crippen LogP contribution in [-0.2, 0) is 0 Å². The van der Waals surface area contributed by atoms with Gasteiger partial charge >= 0.3 is 0 Å². The molecule has 1 aromatic heterocycles. The second-order valence-corrected chi connectivity index (χ2v) is 7.33. The number of aryl methyl sites for hydroxylation is 1. The molecule has 1 heterocycles. The van der Waals surface area contributed by atoms with E-state index in [-0.39, 0.29) is 6.42 Å². The predicted molar refractivity (Wildman–Crippen MR) is 92.6 cm³/mol. The largest absolute Gasteiger partial charge is 0.390 e. The predicted octanol–water partition coefficient (Wildman–Crippen LogP) is 2.83. The molecule has 3 rings (SSSR count). The first-order valence-electron chi connectivity index (χ1n) is 8.38. The Morgan fingerprint density at radius 2 is 2.17 bits per heavy atom. The second kappa shape index (κ2) is 6.08. The lowest BCUT2D eigenvalue weighted by Gasteiger charge is -2.30. The molecule has 1 aliphatic carbocycles. The Bertz CT molecular complexity index is 794. The maximum atomic E-state index is 10.2. The lowest BCUT2D eigenvalue weighted by atomic mass is 9.92. The number of anilines is 1. The van der Waals surface area contributed by atoms with Crippen molar-refractivity contribution in [2.24, 2.45) is 0 Å². The first-order valence-corrected chi connectivity index (χ1v) is 8.38. The SMILES string of the molecule is Cc1cc2nc(NC(O)CC(C)(C)O)n(C3CCC3)c2cc1C#N. The Hall–Kier alpha value is -2.10. The summed E-state index contributed by atoms with van der Waals surface area (Å²) in [6.45, 7) is 5.22. The third-order valence-electron chi connectivity index (χ3n) is 4.58. The fraction of sp³-hybridized carbons (Fsp3) is 0.556. The Balaban J connectivity index is 2.02. The van der Waals surface area contributed by atoms with Gasteiger partial charge in [-0.05, 0) is 57.7 Å². The standard InChI is InChI=1S/C18H24N4O2/c1-11-7-14-15(8-12(11)10-19)22(13-5-4-6-13)17(20-14)21-16(23)9-18(2,3)24/h7-8,13,16,23-24H,4-6,9H2,1-3H3,(H,20,21). The van der Waals surface area contributed by atoms with Crippen LogP contribution in [-0.4, -0.2) is 31.6 Å². The molecule has 1 fully saturated rings. The molecule has 6 heteroatoms. The molecule has 1 unspecified atom stereocenters. The van der Waals surface area contributed by atoms with Crippen molar-refractivity contribution in [1.82, 2.24) is 9.55 Å². The molecule has 1 atom stereocenters. The summed E-state index contributed by atoms with van der Waals surface area (Å²) < 4.78 is 2.09. The average molecular weight is 328 g/mol. The van der Waals surface area contributed by atoms with Crippen LogP contribution < -0.4 is 5.32 Å². The Kier molecular flexibility index (Phi) is 4.24. The Labute approximate surface area is 141 Å². The normalized spacial score (nSPS) is 16.7. The lowest BCUT2D eigenvalue weighted by Crippen LogP contribution is -2.32. The summed E-state index contributed by atoms with van der Waals surface area (Å²) >= 11 is 0. The van der Waals surface area contributed by atoms with Crippen molar-refractivity contribution < 1.29 is 10.2 Å². The highest BCUT2D eigenvalue weighted by atomic mass is 16.3. The number of imidazole rings is 1. The van der Waals surface area contributed by atoms with Crippen LogP contribution in [0.3, 0.4) is 0 Å². The van der Waals surface area contributed by atoms with Crippen molar-refractivity contribution in [3.05, 3.63) is 23.3 Å². The fourth-order valence-electron chi connectivity index (χ4n) is 3.16. The minimum absolute atomic E-state index is 0.198. The zero-order valence-corrected chi connectivity index (χ0v) is 14.4. The number of aliphatic hydroxyl groups excluding tert-OH is 1. The van der Waals surface area contributed by atoms with Crippen LogP contribution in [0.15, 0.2) is 12.1 Å². The first kappa shape index (κ1) is 16.7. The number of aromatic nitrogens is 2. The van der Waals surface area contributed by atoms with E-state index >= 15 is 0 Å². The van der Waals surface area contributed by atoms with Crippen molar-refractivity contribution >= 4 is 17.0 Å². The Morgan fingerprint density at radius 1 is 1.46 bits per heavy atom. The van der Waals surface area contributed by atoms with E-state index in [2.05, 4.69) is 20.9 Å². The summed E-state index contributed by atoms with van der Waals surface area (Å²) in [5, 5.41) is 32.4. The minimum Gasteiger partial charge on any atom is -0.390 e. The van der Waals surface area contributed by atoms with E-state index < -0.39 is 11.8 Å². The number of nitriles is 1. The third-order valence-corrected chi connectivity index (χ3v) is 4.58. The summed E-state index contributed by atoms with van der Waals surface area (Å²) in [4.78, 5) is 4.62. The summed E-state index contributed by atoms with van der Waals surface area (Å²) in [6, 6.07) is 6.35. The second-order valence-electron chi connectivity index (χ2n) is 7.33. The number of hydrogen-bond donors (Lipinski definition) is 3. The van der Waals surface area contributed by atoms with Crippen LogP contribution in [0.2, 0.25) is 0 Å². The monoisotopic (exact) mass is 328 g/mol. The number of aliphatic hydroxyl groups is 2. The van der Waals surface area contributed by atoms with Gasteiger partial charge in [-0.25, -0.2) is 4.98 Å². The minimum atomic E-state index is -0.968. The van der Waals surface area contributed by atoms with Crippen molar-refractivity contribution in [1.29, 1.82) is 5.26 Å². The number of nitrogens with zero attached hydrogens (tertiary/aromatic N) is 3. The van der Waals surface area contributed by atoms with Gasteiger partial charge in [-0.2, -0.15) is 5.26 Å². The van der Waals surface area contributed by atoms with Gasteiger partial charge in [0.15, 0.2) is 0 Å². The molecule has 24 heavy (non-hydrogen) atoms. The first-order chi connectivity index (χ1) is 11.3. The Morgan fingerprint density at radius 3 is 2.71 bits per heavy atom. The van der Waals surface area contributed by atoms with E-state index in [9.17, 15) is 15.5 Å². The molecule has 6 nitrogen and oxygen atoms in total. The summed E-state index contributed by atoms with van der Waals surface area (Å²) in [7, 11) is 0. The van der Waals surface area contributed by atoms with Gasteiger partial charge in [-0.1, -0.05) is 0 Å². The van der Waals surface area contributed by atoms with Crippen molar-refractivity contribution in [2.45, 2.75) is 64.3 Å². The quantitative estimate of drug-likeness (QED) is 0.734. The summed E-state index contributed by atoms with van der Waals surface area (Å²) in [5.74, 6) is 0.598. The maximum absolute atomic E-state index is 10.2. The molecule has 2 aromatic rings. The van der Waals surface area contributed by atoms with Gasteiger partial charge < -0.3 is 20.1 Å². The van der Waals surface area contributed by atoms with Gasteiger partial charge in [-0.3, -0.25) is 0 Å². The molecule has 1 saturated carbocycles. The van der Waals surface area contributed by atoms with Gasteiger partial charge in [0.1, 0.15) is 6.23 Å². The van der Waals surface area contributed by atoms with E-state index in [1.807, 2.05) is 19.1 Å². The molecule has 0 radical (unpaired) electrons. The van der Waals surface area contributed by atoms with E-state index in [0.717, 1.165) is 29.4 Å². The van der Waals surface area contributed by atoms with E-state index in [4.69, 9.17) is 0 Å². The molecule has 0 saturated heterocycles. The van der Waals surface area contributed by atoms with Crippen LogP contribution in [0.1, 0.15) is 56.7 Å². The van der Waals surface area contributed by atoms with Crippen molar-refractivity contribution in [3.8, 4) is 6.07 Å². The van der Waals surface area contributed by atoms with Crippen molar-refractivity contribution in [3.63, 3.8) is 0 Å². The van der Waals surface area contributed by atoms with Gasteiger partial charge in [0, 0.05) is 12.5 Å². The topological polar surface area (TPSA) is 94.1 Å². The lowest BCUT2D eigenvalue weighted by molar-refractivity contribution is 0.0272. The van der Waals surface area contributed by atoms with Gasteiger partial charge in [0.2, 0.25) is 5.95 Å². The highest BCUT2D eigenvalue weighted by Gasteiger charge is 2.27. The maximum Gasteiger partial charge on any atom is 0.206 e. The fourth-order valence-corrected chi connectivity index (χ4v) is 3.16. The highest BCUT2D eigenvalue weighted by Crippen LogP contribution is 2.38. The molecule has 3 N–H and O–H groups in total. The van der Waals surface area contributed by atoms with E-state index in [0.29, 0.717) is 17.6 Å². The number of benzene rings is 1. The highest BCUT2D eigenvalue weighted by molar-refractivity contribution is 5.81. The molecule has 1 aromatic carbocycles. The number of nitrogens with one attached hydrogen (secondary N) is 1. The van der Waals surface area contributed by atoms with Crippen LogP contribution in [0, 0.1) is 18.3 Å². The van der Waals surface area contributed by atoms with Gasteiger partial charge in [0.25, 0.3) is 0 Å². The molecule has 0 bridgehead atoms. The molecular formula is C18H24N4O2. The summed E-state index contributed by atoms with van der Waals surface area (Å²) in [6.07, 6.45) is 2.61. The molecule has 0 spiro atoms. The molecule has 128 valence electrons. The van der Waals surface area contributed by atoms with Crippen LogP contribution >= 0.6 is 0 Å². The zero-order chi connectivity index (χ0) is 17.5. The average Bonchev–Trinajstić information content (AvgIpc) is 2.71. The molecule has 0 aliphatic heterocycles. The van der Waals surface area contributed by atoms with Crippen LogP contribution in [0.4, 0.5) is 5.95 Å².